The molecule has 2 unspecified atom stereocenters. The minimum atomic E-state index is -0.0196. The zero-order chi connectivity index (χ0) is 18.5. The molecule has 2 amide bonds. The summed E-state index contributed by atoms with van der Waals surface area (Å²) in [6.07, 6.45) is 5.80. The van der Waals surface area contributed by atoms with Gasteiger partial charge in [-0.15, -0.1) is 0 Å². The van der Waals surface area contributed by atoms with Gasteiger partial charge in [0.2, 0.25) is 5.91 Å². The summed E-state index contributed by atoms with van der Waals surface area (Å²) in [6, 6.07) is 5.42. The van der Waals surface area contributed by atoms with Crippen LogP contribution in [0.25, 0.3) is 0 Å². The molecule has 2 saturated heterocycles. The maximum absolute atomic E-state index is 12.8. The van der Waals surface area contributed by atoms with Crippen molar-refractivity contribution in [1.82, 2.24) is 10.2 Å². The quantitative estimate of drug-likeness (QED) is 0.822. The van der Waals surface area contributed by atoms with Crippen LogP contribution in [0.5, 0.6) is 0 Å². The van der Waals surface area contributed by atoms with Crippen LogP contribution >= 0.6 is 11.6 Å². The second-order valence-electron chi connectivity index (χ2n) is 7.48. The Morgan fingerprint density at radius 1 is 1.31 bits per heavy atom. The molecule has 2 atom stereocenters. The molecule has 3 rings (SSSR count). The Morgan fingerprint density at radius 3 is 2.85 bits per heavy atom. The van der Waals surface area contributed by atoms with E-state index in [-0.39, 0.29) is 17.9 Å². The van der Waals surface area contributed by atoms with Crippen LogP contribution in [0.3, 0.4) is 0 Å². The molecule has 0 spiro atoms. The summed E-state index contributed by atoms with van der Waals surface area (Å²) in [6.45, 7) is 4.92. The average molecular weight is 378 g/mol. The first kappa shape index (κ1) is 19.2. The van der Waals surface area contributed by atoms with E-state index < -0.39 is 0 Å². The number of carbonyl (C=O) groups excluding carboxylic acids is 2. The van der Waals surface area contributed by atoms with Crippen LogP contribution in [-0.2, 0) is 4.79 Å². The summed E-state index contributed by atoms with van der Waals surface area (Å²) in [7, 11) is 0. The molecule has 0 aliphatic carbocycles. The molecule has 2 fully saturated rings. The van der Waals surface area contributed by atoms with E-state index in [1.165, 1.54) is 6.42 Å². The molecule has 142 valence electrons. The van der Waals surface area contributed by atoms with Crippen LogP contribution in [0.1, 0.15) is 55.8 Å². The lowest BCUT2D eigenvalue weighted by Crippen LogP contribution is -2.42. The van der Waals surface area contributed by atoms with Gasteiger partial charge in [-0.05, 0) is 76.2 Å². The molecule has 5 nitrogen and oxygen atoms in total. The van der Waals surface area contributed by atoms with Crippen molar-refractivity contribution < 1.29 is 9.59 Å². The van der Waals surface area contributed by atoms with Crippen molar-refractivity contribution in [3.63, 3.8) is 0 Å². The lowest BCUT2D eigenvalue weighted by Gasteiger charge is -2.33. The number of hydrogen-bond acceptors (Lipinski definition) is 3. The molecule has 0 aromatic heterocycles. The maximum atomic E-state index is 12.8. The van der Waals surface area contributed by atoms with Crippen molar-refractivity contribution in [2.75, 3.05) is 25.0 Å². The highest BCUT2D eigenvalue weighted by molar-refractivity contribution is 6.34. The van der Waals surface area contributed by atoms with Crippen molar-refractivity contribution >= 4 is 29.1 Å². The first-order valence-electron chi connectivity index (χ1n) is 9.65. The Bertz CT molecular complexity index is 658. The fourth-order valence-corrected chi connectivity index (χ4v) is 4.10. The number of hydrogen-bond donors (Lipinski definition) is 2. The topological polar surface area (TPSA) is 61.4 Å². The van der Waals surface area contributed by atoms with Gasteiger partial charge >= 0.3 is 0 Å². The number of carbonyl (C=O) groups is 2. The van der Waals surface area contributed by atoms with Crippen LogP contribution in [0.4, 0.5) is 5.69 Å². The molecule has 0 saturated carbocycles. The number of likely N-dealkylation sites (tertiary alicyclic amines) is 1. The standard InChI is InChI=1S/C20H28ClN3O2/c1-14-4-2-3-11-24(14)20(26)17-7-6-16(12-18(17)21)23-19(25)8-5-15-9-10-22-13-15/h6-7,12,14-15,22H,2-5,8-11,13H2,1H3,(H,23,25). The molecule has 26 heavy (non-hydrogen) atoms. The summed E-state index contributed by atoms with van der Waals surface area (Å²) in [5.74, 6) is 0.571. The smallest absolute Gasteiger partial charge is 0.255 e. The number of rotatable bonds is 5. The van der Waals surface area contributed by atoms with Crippen LogP contribution in [0.15, 0.2) is 18.2 Å². The molecule has 2 heterocycles. The Kier molecular flexibility index (Phi) is 6.54. The van der Waals surface area contributed by atoms with E-state index >= 15 is 0 Å². The number of nitrogens with zero attached hydrogens (tertiary/aromatic N) is 1. The Morgan fingerprint density at radius 2 is 2.15 bits per heavy atom. The zero-order valence-electron chi connectivity index (χ0n) is 15.4. The van der Waals surface area contributed by atoms with Gasteiger partial charge in [0.1, 0.15) is 0 Å². The molecule has 1 aromatic rings. The lowest BCUT2D eigenvalue weighted by molar-refractivity contribution is -0.116. The highest BCUT2D eigenvalue weighted by Gasteiger charge is 2.25. The number of anilines is 1. The summed E-state index contributed by atoms with van der Waals surface area (Å²) >= 11 is 6.35. The maximum Gasteiger partial charge on any atom is 0.255 e. The minimum absolute atomic E-state index is 0.00306. The fourth-order valence-electron chi connectivity index (χ4n) is 3.84. The van der Waals surface area contributed by atoms with Crippen LogP contribution in [-0.4, -0.2) is 42.4 Å². The van der Waals surface area contributed by atoms with Crippen molar-refractivity contribution in [3.05, 3.63) is 28.8 Å². The normalized spacial score (nSPS) is 23.1. The van der Waals surface area contributed by atoms with Gasteiger partial charge in [-0.2, -0.15) is 0 Å². The van der Waals surface area contributed by atoms with Gasteiger partial charge in [0, 0.05) is 24.7 Å². The molecule has 2 N–H and O–H groups in total. The van der Waals surface area contributed by atoms with Crippen LogP contribution < -0.4 is 10.6 Å². The highest BCUT2D eigenvalue weighted by Crippen LogP contribution is 2.26. The Balaban J connectivity index is 1.58. The Hall–Kier alpha value is -1.59. The first-order chi connectivity index (χ1) is 12.5. The fraction of sp³-hybridized carbons (Fsp3) is 0.600. The first-order valence-corrected chi connectivity index (χ1v) is 10.0. The summed E-state index contributed by atoms with van der Waals surface area (Å²) < 4.78 is 0. The predicted molar refractivity (Wildman–Crippen MR) is 105 cm³/mol. The van der Waals surface area contributed by atoms with Crippen molar-refractivity contribution in [1.29, 1.82) is 0 Å². The third kappa shape index (κ3) is 4.77. The summed E-state index contributed by atoms with van der Waals surface area (Å²) in [5, 5.41) is 6.60. The SMILES string of the molecule is CC1CCCCN1C(=O)c1ccc(NC(=O)CCC2CCNC2)cc1Cl. The van der Waals surface area contributed by atoms with Gasteiger partial charge in [-0.25, -0.2) is 0 Å². The lowest BCUT2D eigenvalue weighted by atomic mass is 10.0. The number of amides is 2. The van der Waals surface area contributed by atoms with E-state index in [0.717, 1.165) is 45.3 Å². The monoisotopic (exact) mass is 377 g/mol. The Labute approximate surface area is 160 Å². The van der Waals surface area contributed by atoms with Gasteiger partial charge in [-0.3, -0.25) is 9.59 Å². The van der Waals surface area contributed by atoms with E-state index in [1.807, 2.05) is 4.90 Å². The molecule has 6 heteroatoms. The van der Waals surface area contributed by atoms with Gasteiger partial charge in [0.15, 0.2) is 0 Å². The van der Waals surface area contributed by atoms with E-state index in [1.54, 1.807) is 18.2 Å². The second kappa shape index (κ2) is 8.87. The molecular formula is C20H28ClN3O2. The second-order valence-corrected chi connectivity index (χ2v) is 7.89. The molecule has 2 aliphatic heterocycles. The third-order valence-electron chi connectivity index (χ3n) is 5.49. The summed E-state index contributed by atoms with van der Waals surface area (Å²) in [5.41, 5.74) is 1.16. The zero-order valence-corrected chi connectivity index (χ0v) is 16.1. The van der Waals surface area contributed by atoms with E-state index in [9.17, 15) is 9.59 Å². The van der Waals surface area contributed by atoms with E-state index in [4.69, 9.17) is 11.6 Å². The largest absolute Gasteiger partial charge is 0.336 e. The number of piperidine rings is 1. The third-order valence-corrected chi connectivity index (χ3v) is 5.80. The predicted octanol–water partition coefficient (Wildman–Crippen LogP) is 3.68. The van der Waals surface area contributed by atoms with E-state index in [0.29, 0.717) is 28.6 Å². The van der Waals surface area contributed by atoms with Crippen molar-refractivity contribution in [2.24, 2.45) is 5.92 Å². The van der Waals surface area contributed by atoms with E-state index in [2.05, 4.69) is 17.6 Å². The average Bonchev–Trinajstić information content (AvgIpc) is 3.13. The highest BCUT2D eigenvalue weighted by atomic mass is 35.5. The van der Waals surface area contributed by atoms with Gasteiger partial charge in [0.05, 0.1) is 10.6 Å². The molecule has 1 aromatic carbocycles. The molecule has 0 radical (unpaired) electrons. The number of benzene rings is 1. The van der Waals surface area contributed by atoms with Crippen LogP contribution in [0, 0.1) is 5.92 Å². The van der Waals surface area contributed by atoms with Gasteiger partial charge < -0.3 is 15.5 Å². The molecular weight excluding hydrogens is 350 g/mol. The summed E-state index contributed by atoms with van der Waals surface area (Å²) in [4.78, 5) is 26.8. The molecule has 0 bridgehead atoms. The van der Waals surface area contributed by atoms with Gasteiger partial charge in [-0.1, -0.05) is 11.6 Å². The van der Waals surface area contributed by atoms with Gasteiger partial charge in [0.25, 0.3) is 5.91 Å². The number of nitrogens with one attached hydrogen (secondary N) is 2. The molecule has 2 aliphatic rings. The number of halogens is 1. The van der Waals surface area contributed by atoms with Crippen LogP contribution in [0.2, 0.25) is 5.02 Å². The van der Waals surface area contributed by atoms with Crippen molar-refractivity contribution in [3.8, 4) is 0 Å². The minimum Gasteiger partial charge on any atom is -0.336 e. The van der Waals surface area contributed by atoms with Crippen molar-refractivity contribution in [2.45, 2.75) is 51.5 Å².